The van der Waals surface area contributed by atoms with Crippen LogP contribution >= 0.6 is 23.1 Å². The van der Waals surface area contributed by atoms with Crippen LogP contribution in [-0.2, 0) is 24.7 Å². The van der Waals surface area contributed by atoms with Gasteiger partial charge in [-0.05, 0) is 37.2 Å². The lowest BCUT2D eigenvalue weighted by Gasteiger charge is -2.17. The summed E-state index contributed by atoms with van der Waals surface area (Å²) in [4.78, 5) is 35.1. The quantitative estimate of drug-likeness (QED) is 0.463. The van der Waals surface area contributed by atoms with Crippen molar-refractivity contribution in [3.05, 3.63) is 32.6 Å². The number of hydrogen-bond acceptors (Lipinski definition) is 7. The smallest absolute Gasteiger partial charge is 0.260 e. The number of fused-ring (bicyclic) bond motifs is 3. The monoisotopic (exact) mass is 442 g/mol. The van der Waals surface area contributed by atoms with E-state index in [2.05, 4.69) is 27.3 Å². The van der Waals surface area contributed by atoms with Crippen molar-refractivity contribution in [3.8, 4) is 6.07 Å². The topological polar surface area (TPSA) is 116 Å². The Morgan fingerprint density at radius 3 is 3.10 bits per heavy atom. The molecule has 0 aromatic carbocycles. The molecule has 0 fully saturated rings. The van der Waals surface area contributed by atoms with Crippen LogP contribution in [0, 0.1) is 17.2 Å². The summed E-state index contributed by atoms with van der Waals surface area (Å²) in [7, 11) is 1.66. The number of H-pyrrole nitrogens is 1. The average Bonchev–Trinajstić information content (AvgIpc) is 3.25. The third-order valence-corrected chi connectivity index (χ3v) is 7.76. The Morgan fingerprint density at radius 1 is 1.57 bits per heavy atom. The molecule has 4 rings (SSSR count). The van der Waals surface area contributed by atoms with E-state index in [0.717, 1.165) is 29.7 Å². The third-order valence-electron chi connectivity index (χ3n) is 5.36. The second-order valence-electron chi connectivity index (χ2n) is 7.55. The predicted molar refractivity (Wildman–Crippen MR) is 118 cm³/mol. The molecular formula is C20H22N6O2S2. The zero-order chi connectivity index (χ0) is 21.4. The van der Waals surface area contributed by atoms with Crippen LogP contribution in [0.25, 0.3) is 10.2 Å². The van der Waals surface area contributed by atoms with Crippen molar-refractivity contribution >= 4 is 45.0 Å². The van der Waals surface area contributed by atoms with E-state index >= 15 is 0 Å². The van der Waals surface area contributed by atoms with E-state index in [9.17, 15) is 14.9 Å². The molecule has 3 aromatic heterocycles. The Bertz CT molecular complexity index is 1220. The fourth-order valence-electron chi connectivity index (χ4n) is 3.71. The number of carbonyl (C=O) groups excluding carboxylic acids is 1. The van der Waals surface area contributed by atoms with Crippen molar-refractivity contribution in [2.45, 2.75) is 49.9 Å². The minimum absolute atomic E-state index is 0.136. The summed E-state index contributed by atoms with van der Waals surface area (Å²) in [5.74, 6) is 0.722. The van der Waals surface area contributed by atoms with Gasteiger partial charge in [0.2, 0.25) is 5.91 Å². The second kappa shape index (κ2) is 8.24. The molecule has 10 heteroatoms. The summed E-state index contributed by atoms with van der Waals surface area (Å²) in [5, 5.41) is 16.6. The Hall–Kier alpha value is -2.64. The van der Waals surface area contributed by atoms with Crippen LogP contribution < -0.4 is 10.9 Å². The molecule has 156 valence electrons. The highest BCUT2D eigenvalue weighted by atomic mass is 32.2. The molecular weight excluding hydrogens is 420 g/mol. The fraction of sp³-hybridized carbons (Fsp3) is 0.450. The molecule has 1 aliphatic carbocycles. The molecule has 2 unspecified atom stereocenters. The summed E-state index contributed by atoms with van der Waals surface area (Å²) in [5.41, 5.74) is 1.31. The van der Waals surface area contributed by atoms with Crippen molar-refractivity contribution < 1.29 is 4.79 Å². The van der Waals surface area contributed by atoms with Gasteiger partial charge in [0.05, 0.1) is 16.8 Å². The van der Waals surface area contributed by atoms with Gasteiger partial charge in [0.1, 0.15) is 22.3 Å². The van der Waals surface area contributed by atoms with Gasteiger partial charge in [-0.3, -0.25) is 14.3 Å². The Labute approximate surface area is 181 Å². The van der Waals surface area contributed by atoms with Crippen molar-refractivity contribution in [3.63, 3.8) is 0 Å². The highest BCUT2D eigenvalue weighted by molar-refractivity contribution is 8.00. The summed E-state index contributed by atoms with van der Waals surface area (Å²) in [6.45, 7) is 4.13. The molecule has 0 bridgehead atoms. The Kier molecular flexibility index (Phi) is 5.66. The van der Waals surface area contributed by atoms with Crippen molar-refractivity contribution in [2.24, 2.45) is 13.0 Å². The molecule has 2 N–H and O–H groups in total. The minimum Gasteiger partial charge on any atom is -0.309 e. The number of aromatic nitrogens is 4. The predicted octanol–water partition coefficient (Wildman–Crippen LogP) is 3.22. The van der Waals surface area contributed by atoms with Gasteiger partial charge in [0.25, 0.3) is 5.56 Å². The number of anilines is 1. The molecule has 3 aromatic rings. The van der Waals surface area contributed by atoms with Crippen LogP contribution in [0.15, 0.2) is 16.1 Å². The lowest BCUT2D eigenvalue weighted by atomic mass is 9.89. The van der Waals surface area contributed by atoms with Gasteiger partial charge in [-0.25, -0.2) is 4.98 Å². The van der Waals surface area contributed by atoms with Gasteiger partial charge in [-0.2, -0.15) is 10.4 Å². The molecule has 0 saturated carbocycles. The Balaban J connectivity index is 1.59. The first kappa shape index (κ1) is 20.6. The van der Waals surface area contributed by atoms with Crippen LogP contribution in [-0.4, -0.2) is 30.9 Å². The van der Waals surface area contributed by atoms with E-state index in [1.54, 1.807) is 18.4 Å². The molecule has 0 radical (unpaired) electrons. The molecule has 2 atom stereocenters. The maximum Gasteiger partial charge on any atom is 0.260 e. The number of aryl methyl sites for hydroxylation is 2. The summed E-state index contributed by atoms with van der Waals surface area (Å²) >= 11 is 2.82. The van der Waals surface area contributed by atoms with Gasteiger partial charge in [-0.1, -0.05) is 25.6 Å². The number of nitrogens with one attached hydrogen (secondary N) is 2. The standard InChI is InChI=1S/C20H22N6O2S2/c1-4-13(17(27)23-16-11(8-21)9-22-26(16)3)30-20-24-18(28)15-12-6-5-10(2)7-14(12)29-19(15)25-20/h9-10,13H,4-7H2,1-3H3,(H,23,27)(H,24,25,28). The van der Waals surface area contributed by atoms with E-state index in [4.69, 9.17) is 0 Å². The lowest BCUT2D eigenvalue weighted by molar-refractivity contribution is -0.115. The maximum absolute atomic E-state index is 12.8. The first-order valence-corrected chi connectivity index (χ1v) is 11.5. The third kappa shape index (κ3) is 3.75. The number of nitrogens with zero attached hydrogens (tertiary/aromatic N) is 4. The first-order chi connectivity index (χ1) is 14.4. The van der Waals surface area contributed by atoms with E-state index in [0.29, 0.717) is 34.3 Å². The van der Waals surface area contributed by atoms with Gasteiger partial charge in [0.15, 0.2) is 5.16 Å². The van der Waals surface area contributed by atoms with Crippen molar-refractivity contribution in [1.82, 2.24) is 19.7 Å². The van der Waals surface area contributed by atoms with Crippen LogP contribution in [0.5, 0.6) is 0 Å². The normalized spacial score (nSPS) is 16.8. The number of rotatable bonds is 5. The minimum atomic E-state index is -0.471. The van der Waals surface area contributed by atoms with Crippen molar-refractivity contribution in [2.75, 3.05) is 5.32 Å². The summed E-state index contributed by atoms with van der Waals surface area (Å²) in [6, 6.07) is 2.02. The number of carbonyl (C=O) groups is 1. The Morgan fingerprint density at radius 2 is 2.37 bits per heavy atom. The number of thioether (sulfide) groups is 1. The van der Waals surface area contributed by atoms with E-state index in [-0.39, 0.29) is 11.5 Å². The van der Waals surface area contributed by atoms with Gasteiger partial charge >= 0.3 is 0 Å². The van der Waals surface area contributed by atoms with Crippen LogP contribution in [0.1, 0.15) is 42.7 Å². The lowest BCUT2D eigenvalue weighted by Crippen LogP contribution is -2.26. The molecule has 1 aliphatic rings. The number of hydrogen-bond donors (Lipinski definition) is 2. The first-order valence-electron chi connectivity index (χ1n) is 9.85. The molecule has 8 nitrogen and oxygen atoms in total. The molecule has 0 saturated heterocycles. The number of aromatic amines is 1. The van der Waals surface area contributed by atoms with Gasteiger partial charge < -0.3 is 10.3 Å². The molecule has 0 aliphatic heterocycles. The second-order valence-corrected chi connectivity index (χ2v) is 9.82. The fourth-order valence-corrected chi connectivity index (χ4v) is 6.05. The largest absolute Gasteiger partial charge is 0.309 e. The number of thiophene rings is 1. The van der Waals surface area contributed by atoms with Gasteiger partial charge in [-0.15, -0.1) is 11.3 Å². The molecule has 3 heterocycles. The maximum atomic E-state index is 12.8. The van der Waals surface area contributed by atoms with Crippen molar-refractivity contribution in [1.29, 1.82) is 5.26 Å². The average molecular weight is 443 g/mol. The zero-order valence-electron chi connectivity index (χ0n) is 17.0. The van der Waals surface area contributed by atoms with Gasteiger partial charge in [0, 0.05) is 11.9 Å². The molecule has 30 heavy (non-hydrogen) atoms. The highest BCUT2D eigenvalue weighted by Gasteiger charge is 2.25. The zero-order valence-corrected chi connectivity index (χ0v) is 18.6. The number of nitriles is 1. The van der Waals surface area contributed by atoms with E-state index in [1.807, 2.05) is 13.0 Å². The summed E-state index contributed by atoms with van der Waals surface area (Å²) < 4.78 is 1.46. The van der Waals surface area contributed by atoms with E-state index < -0.39 is 5.25 Å². The van der Waals surface area contributed by atoms with Crippen LogP contribution in [0.2, 0.25) is 0 Å². The molecule has 0 spiro atoms. The molecule has 1 amide bonds. The summed E-state index contributed by atoms with van der Waals surface area (Å²) in [6.07, 6.45) is 4.95. The SMILES string of the molecule is CCC(Sc1nc2sc3c(c2c(=O)[nH]1)CCC(C)C3)C(=O)Nc1c(C#N)cnn1C. The van der Waals surface area contributed by atoms with Crippen LogP contribution in [0.3, 0.4) is 0 Å². The van der Waals surface area contributed by atoms with E-state index in [1.165, 1.54) is 27.5 Å². The number of amides is 1. The highest BCUT2D eigenvalue weighted by Crippen LogP contribution is 2.36. The van der Waals surface area contributed by atoms with Crippen LogP contribution in [0.4, 0.5) is 5.82 Å².